The van der Waals surface area contributed by atoms with Gasteiger partial charge in [0.15, 0.2) is 5.78 Å². The summed E-state index contributed by atoms with van der Waals surface area (Å²) in [6, 6.07) is 5.05. The summed E-state index contributed by atoms with van der Waals surface area (Å²) in [6.45, 7) is 3.55. The number of hydrogen-bond acceptors (Lipinski definition) is 4. The predicted molar refractivity (Wildman–Crippen MR) is 63.3 cm³/mol. The number of esters is 1. The van der Waals surface area contributed by atoms with Gasteiger partial charge in [-0.3, -0.25) is 9.59 Å². The van der Waals surface area contributed by atoms with Crippen LogP contribution in [0.1, 0.15) is 29.8 Å². The Hall–Kier alpha value is -1.84. The van der Waals surface area contributed by atoms with Crippen molar-refractivity contribution in [3.8, 4) is 5.75 Å². The van der Waals surface area contributed by atoms with Gasteiger partial charge in [-0.1, -0.05) is 0 Å². The van der Waals surface area contributed by atoms with Crippen LogP contribution < -0.4 is 4.74 Å². The minimum Gasteiger partial charge on any atom is -0.497 e. The lowest BCUT2D eigenvalue weighted by Crippen LogP contribution is -2.10. The lowest BCUT2D eigenvalue weighted by Gasteiger charge is -2.09. The highest BCUT2D eigenvalue weighted by atomic mass is 16.5. The first-order valence-corrected chi connectivity index (χ1v) is 5.42. The Morgan fingerprint density at radius 2 is 2.00 bits per heavy atom. The normalized spacial score (nSPS) is 9.82. The first-order chi connectivity index (χ1) is 8.08. The van der Waals surface area contributed by atoms with Gasteiger partial charge in [-0.15, -0.1) is 0 Å². The quantitative estimate of drug-likeness (QED) is 0.579. The fourth-order valence-electron chi connectivity index (χ4n) is 1.55. The zero-order chi connectivity index (χ0) is 12.8. The molecule has 0 spiro atoms. The second kappa shape index (κ2) is 6.03. The number of carbonyl (C=O) groups is 2. The molecule has 1 aromatic rings. The van der Waals surface area contributed by atoms with Crippen LogP contribution >= 0.6 is 0 Å². The molecule has 0 saturated heterocycles. The van der Waals surface area contributed by atoms with Crippen LogP contribution in [0.2, 0.25) is 0 Å². The molecule has 0 N–H and O–H groups in total. The van der Waals surface area contributed by atoms with E-state index in [0.717, 1.165) is 0 Å². The summed E-state index contributed by atoms with van der Waals surface area (Å²) in [6.07, 6.45) is 0.0833. The van der Waals surface area contributed by atoms with Crippen molar-refractivity contribution in [2.24, 2.45) is 0 Å². The maximum atomic E-state index is 11.4. The van der Waals surface area contributed by atoms with Crippen LogP contribution in [0, 0.1) is 0 Å². The molecule has 1 rings (SSSR count). The van der Waals surface area contributed by atoms with Crippen LogP contribution in [0.25, 0.3) is 0 Å². The molecular formula is C13H16O4. The van der Waals surface area contributed by atoms with E-state index in [1.165, 1.54) is 14.0 Å². The standard InChI is InChI=1S/C13H16O4/c1-4-17-13(15)8-10-7-11(16-3)5-6-12(10)9(2)14/h5-7H,4,8H2,1-3H3. The number of ether oxygens (including phenoxy) is 2. The second-order valence-electron chi connectivity index (χ2n) is 3.56. The molecule has 0 aliphatic heterocycles. The van der Waals surface area contributed by atoms with Gasteiger partial charge in [0, 0.05) is 5.56 Å². The number of Topliss-reactive ketones (excluding diaryl/α,β-unsaturated/α-hetero) is 1. The van der Waals surface area contributed by atoms with Gasteiger partial charge in [-0.05, 0) is 37.6 Å². The second-order valence-corrected chi connectivity index (χ2v) is 3.56. The van der Waals surface area contributed by atoms with Gasteiger partial charge in [0.1, 0.15) is 5.75 Å². The van der Waals surface area contributed by atoms with Crippen LogP contribution in [0.15, 0.2) is 18.2 Å². The van der Waals surface area contributed by atoms with Crippen LogP contribution in [0.5, 0.6) is 5.75 Å². The maximum Gasteiger partial charge on any atom is 0.310 e. The molecule has 0 saturated carbocycles. The van der Waals surface area contributed by atoms with Crippen molar-refractivity contribution in [1.29, 1.82) is 0 Å². The predicted octanol–water partition coefficient (Wildman–Crippen LogP) is 2.00. The Labute approximate surface area is 101 Å². The maximum absolute atomic E-state index is 11.4. The molecule has 0 aromatic heterocycles. The van der Waals surface area contributed by atoms with E-state index < -0.39 is 0 Å². The van der Waals surface area contributed by atoms with Gasteiger partial charge < -0.3 is 9.47 Å². The van der Waals surface area contributed by atoms with E-state index in [1.54, 1.807) is 25.1 Å². The average molecular weight is 236 g/mol. The van der Waals surface area contributed by atoms with Crippen LogP contribution in [0.4, 0.5) is 0 Å². The smallest absolute Gasteiger partial charge is 0.310 e. The molecule has 0 amide bonds. The Balaban J connectivity index is 3.00. The fourth-order valence-corrected chi connectivity index (χ4v) is 1.55. The molecule has 17 heavy (non-hydrogen) atoms. The van der Waals surface area contributed by atoms with Crippen molar-refractivity contribution in [3.05, 3.63) is 29.3 Å². The highest BCUT2D eigenvalue weighted by Crippen LogP contribution is 2.19. The molecule has 0 atom stereocenters. The van der Waals surface area contributed by atoms with E-state index in [2.05, 4.69) is 0 Å². The lowest BCUT2D eigenvalue weighted by molar-refractivity contribution is -0.142. The Bertz CT molecular complexity index is 423. The van der Waals surface area contributed by atoms with Gasteiger partial charge in [0.2, 0.25) is 0 Å². The van der Waals surface area contributed by atoms with Gasteiger partial charge >= 0.3 is 5.97 Å². The molecule has 0 radical (unpaired) electrons. The summed E-state index contributed by atoms with van der Waals surface area (Å²) < 4.78 is 9.93. The summed E-state index contributed by atoms with van der Waals surface area (Å²) >= 11 is 0. The number of hydrogen-bond donors (Lipinski definition) is 0. The Kier molecular flexibility index (Phi) is 4.69. The van der Waals surface area contributed by atoms with Crippen LogP contribution in [0.3, 0.4) is 0 Å². The molecular weight excluding hydrogens is 220 g/mol. The fraction of sp³-hybridized carbons (Fsp3) is 0.385. The van der Waals surface area contributed by atoms with Crippen molar-refractivity contribution in [2.75, 3.05) is 13.7 Å². The number of rotatable bonds is 5. The monoisotopic (exact) mass is 236 g/mol. The number of methoxy groups -OCH3 is 1. The molecule has 0 heterocycles. The van der Waals surface area contributed by atoms with E-state index in [1.807, 2.05) is 0 Å². The minimum absolute atomic E-state index is 0.0769. The summed E-state index contributed by atoms with van der Waals surface area (Å²) in [5.74, 6) is 0.199. The molecule has 4 nitrogen and oxygen atoms in total. The van der Waals surface area contributed by atoms with Crippen LogP contribution in [-0.4, -0.2) is 25.5 Å². The zero-order valence-electron chi connectivity index (χ0n) is 10.3. The van der Waals surface area contributed by atoms with E-state index in [9.17, 15) is 9.59 Å². The van der Waals surface area contributed by atoms with Crippen molar-refractivity contribution in [1.82, 2.24) is 0 Å². The first-order valence-electron chi connectivity index (χ1n) is 5.42. The van der Waals surface area contributed by atoms with Gasteiger partial charge in [0.25, 0.3) is 0 Å². The lowest BCUT2D eigenvalue weighted by atomic mass is 10.0. The number of ketones is 1. The van der Waals surface area contributed by atoms with Gasteiger partial charge in [-0.25, -0.2) is 0 Å². The summed E-state index contributed by atoms with van der Waals surface area (Å²) in [5, 5.41) is 0. The van der Waals surface area contributed by atoms with Crippen LogP contribution in [-0.2, 0) is 16.0 Å². The summed E-state index contributed by atoms with van der Waals surface area (Å²) in [7, 11) is 1.54. The molecule has 1 aromatic carbocycles. The van der Waals surface area contributed by atoms with E-state index >= 15 is 0 Å². The highest BCUT2D eigenvalue weighted by Gasteiger charge is 2.12. The van der Waals surface area contributed by atoms with Crippen molar-refractivity contribution < 1.29 is 19.1 Å². The molecule has 4 heteroatoms. The first kappa shape index (κ1) is 13.2. The average Bonchev–Trinajstić information content (AvgIpc) is 2.28. The topological polar surface area (TPSA) is 52.6 Å². The third-order valence-corrected chi connectivity index (χ3v) is 2.33. The molecule has 92 valence electrons. The molecule has 0 aliphatic carbocycles. The van der Waals surface area contributed by atoms with Crippen molar-refractivity contribution in [2.45, 2.75) is 20.3 Å². The van der Waals surface area contributed by atoms with E-state index in [4.69, 9.17) is 9.47 Å². The SMILES string of the molecule is CCOC(=O)Cc1cc(OC)ccc1C(C)=O. The molecule has 0 aliphatic rings. The highest BCUT2D eigenvalue weighted by molar-refractivity contribution is 5.96. The van der Waals surface area contributed by atoms with Gasteiger partial charge in [-0.2, -0.15) is 0 Å². The van der Waals surface area contributed by atoms with E-state index in [-0.39, 0.29) is 18.2 Å². The van der Waals surface area contributed by atoms with Gasteiger partial charge in [0.05, 0.1) is 20.1 Å². The number of benzene rings is 1. The minimum atomic E-state index is -0.344. The summed E-state index contributed by atoms with van der Waals surface area (Å²) in [4.78, 5) is 22.8. The number of carbonyl (C=O) groups excluding carboxylic acids is 2. The summed E-state index contributed by atoms with van der Waals surface area (Å²) in [5.41, 5.74) is 1.16. The zero-order valence-corrected chi connectivity index (χ0v) is 10.3. The van der Waals surface area contributed by atoms with E-state index in [0.29, 0.717) is 23.5 Å². The third-order valence-electron chi connectivity index (χ3n) is 2.33. The van der Waals surface area contributed by atoms with Crippen molar-refractivity contribution in [3.63, 3.8) is 0 Å². The molecule has 0 unspecified atom stereocenters. The third kappa shape index (κ3) is 3.59. The molecule has 0 fully saturated rings. The van der Waals surface area contributed by atoms with Crippen molar-refractivity contribution >= 4 is 11.8 Å². The Morgan fingerprint density at radius 1 is 1.29 bits per heavy atom. The largest absolute Gasteiger partial charge is 0.497 e. The Morgan fingerprint density at radius 3 is 2.53 bits per heavy atom. The molecule has 0 bridgehead atoms.